The van der Waals surface area contributed by atoms with Gasteiger partial charge in [-0.1, -0.05) is 48.5 Å². The number of aliphatic imine (C=N–C) groups is 1. The summed E-state index contributed by atoms with van der Waals surface area (Å²) in [5, 5.41) is 0. The van der Waals surface area contributed by atoms with E-state index in [0.29, 0.717) is 13.1 Å². The van der Waals surface area contributed by atoms with E-state index in [9.17, 15) is 0 Å². The van der Waals surface area contributed by atoms with E-state index in [4.69, 9.17) is 5.73 Å². The second-order valence-corrected chi connectivity index (χ2v) is 3.90. The summed E-state index contributed by atoms with van der Waals surface area (Å²) < 4.78 is 0. The smallest absolute Gasteiger partial charge is 0.0639 e. The van der Waals surface area contributed by atoms with Crippen LogP contribution < -0.4 is 5.73 Å². The number of nitrogens with zero attached hydrogens (tertiary/aromatic N) is 1. The quantitative estimate of drug-likeness (QED) is 0.797. The van der Waals surface area contributed by atoms with Gasteiger partial charge in [0.05, 0.1) is 6.54 Å². The largest absolute Gasteiger partial charge is 0.326 e. The molecule has 0 saturated heterocycles. The SMILES string of the molecule is NCc1cccc(/C=N/Cc2ccccc2)c1. The molecule has 0 aliphatic rings. The maximum absolute atomic E-state index is 5.59. The van der Waals surface area contributed by atoms with Gasteiger partial charge in [0.1, 0.15) is 0 Å². The highest BCUT2D eigenvalue weighted by Gasteiger charge is 1.91. The molecule has 17 heavy (non-hydrogen) atoms. The standard InChI is InChI=1S/C15H16N2/c16-10-14-7-4-8-15(9-14)12-17-11-13-5-2-1-3-6-13/h1-9,12H,10-11,16H2/b17-12+. The van der Waals surface area contributed by atoms with Gasteiger partial charge in [-0.15, -0.1) is 0 Å². The van der Waals surface area contributed by atoms with Crippen LogP contribution in [0.25, 0.3) is 0 Å². The van der Waals surface area contributed by atoms with Gasteiger partial charge in [-0.05, 0) is 22.8 Å². The topological polar surface area (TPSA) is 38.4 Å². The second-order valence-electron chi connectivity index (χ2n) is 3.90. The summed E-state index contributed by atoms with van der Waals surface area (Å²) in [6.07, 6.45) is 1.90. The van der Waals surface area contributed by atoms with Crippen LogP contribution in [0.1, 0.15) is 16.7 Å². The molecule has 0 heterocycles. The molecule has 0 aliphatic carbocycles. The van der Waals surface area contributed by atoms with Crippen LogP contribution in [0, 0.1) is 0 Å². The Kier molecular flexibility index (Phi) is 4.05. The number of benzene rings is 2. The van der Waals surface area contributed by atoms with Gasteiger partial charge in [0.25, 0.3) is 0 Å². The van der Waals surface area contributed by atoms with Gasteiger partial charge in [0.2, 0.25) is 0 Å². The molecule has 0 amide bonds. The minimum atomic E-state index is 0.570. The molecule has 0 spiro atoms. The predicted molar refractivity (Wildman–Crippen MR) is 72.1 cm³/mol. The Morgan fingerprint density at radius 1 is 0.941 bits per heavy atom. The maximum Gasteiger partial charge on any atom is 0.0639 e. The Morgan fingerprint density at radius 2 is 1.71 bits per heavy atom. The van der Waals surface area contributed by atoms with Crippen molar-refractivity contribution in [1.82, 2.24) is 0 Å². The molecule has 0 unspecified atom stereocenters. The van der Waals surface area contributed by atoms with Crippen molar-refractivity contribution in [1.29, 1.82) is 0 Å². The van der Waals surface area contributed by atoms with E-state index < -0.39 is 0 Å². The minimum absolute atomic E-state index is 0.570. The number of hydrogen-bond donors (Lipinski definition) is 1. The van der Waals surface area contributed by atoms with Crippen LogP contribution in [-0.4, -0.2) is 6.21 Å². The molecular weight excluding hydrogens is 208 g/mol. The van der Waals surface area contributed by atoms with Crippen molar-refractivity contribution in [2.45, 2.75) is 13.1 Å². The number of hydrogen-bond acceptors (Lipinski definition) is 2. The lowest BCUT2D eigenvalue weighted by molar-refractivity contribution is 1.06. The summed E-state index contributed by atoms with van der Waals surface area (Å²) in [4.78, 5) is 4.42. The Balaban J connectivity index is 2.00. The molecule has 2 aromatic rings. The highest BCUT2D eigenvalue weighted by molar-refractivity contribution is 5.79. The predicted octanol–water partition coefficient (Wildman–Crippen LogP) is 2.76. The molecular formula is C15H16N2. The molecule has 0 atom stereocenters. The molecule has 0 saturated carbocycles. The van der Waals surface area contributed by atoms with E-state index >= 15 is 0 Å². The molecule has 0 aromatic heterocycles. The van der Waals surface area contributed by atoms with Crippen LogP contribution in [0.2, 0.25) is 0 Å². The van der Waals surface area contributed by atoms with Gasteiger partial charge in [-0.25, -0.2) is 0 Å². The van der Waals surface area contributed by atoms with E-state index in [1.165, 1.54) is 5.56 Å². The minimum Gasteiger partial charge on any atom is -0.326 e. The molecule has 2 rings (SSSR count). The fourth-order valence-corrected chi connectivity index (χ4v) is 1.64. The zero-order valence-electron chi connectivity index (χ0n) is 9.71. The molecule has 86 valence electrons. The molecule has 2 N–H and O–H groups in total. The first kappa shape index (κ1) is 11.6. The van der Waals surface area contributed by atoms with Gasteiger partial charge >= 0.3 is 0 Å². The normalized spacial score (nSPS) is 10.9. The second kappa shape index (κ2) is 5.97. The number of rotatable bonds is 4. The Morgan fingerprint density at radius 3 is 2.47 bits per heavy atom. The van der Waals surface area contributed by atoms with E-state index in [0.717, 1.165) is 11.1 Å². The first-order chi connectivity index (χ1) is 8.38. The highest BCUT2D eigenvalue weighted by Crippen LogP contribution is 2.04. The van der Waals surface area contributed by atoms with E-state index in [-0.39, 0.29) is 0 Å². The van der Waals surface area contributed by atoms with Crippen molar-refractivity contribution in [3.63, 3.8) is 0 Å². The Labute approximate surface area is 102 Å². The fraction of sp³-hybridized carbons (Fsp3) is 0.133. The van der Waals surface area contributed by atoms with Crippen LogP contribution in [0.15, 0.2) is 59.6 Å². The summed E-state index contributed by atoms with van der Waals surface area (Å²) in [6, 6.07) is 18.3. The van der Waals surface area contributed by atoms with E-state index in [2.05, 4.69) is 23.2 Å². The Hall–Kier alpha value is -1.93. The maximum atomic E-state index is 5.59. The van der Waals surface area contributed by atoms with Crippen LogP contribution in [0.3, 0.4) is 0 Å². The van der Waals surface area contributed by atoms with Crippen molar-refractivity contribution in [2.24, 2.45) is 10.7 Å². The zero-order valence-corrected chi connectivity index (χ0v) is 9.71. The molecule has 2 nitrogen and oxygen atoms in total. The fourth-order valence-electron chi connectivity index (χ4n) is 1.64. The van der Waals surface area contributed by atoms with Gasteiger partial charge in [0.15, 0.2) is 0 Å². The average Bonchev–Trinajstić information content (AvgIpc) is 2.40. The van der Waals surface area contributed by atoms with Crippen molar-refractivity contribution in [2.75, 3.05) is 0 Å². The van der Waals surface area contributed by atoms with E-state index in [1.54, 1.807) is 0 Å². The molecule has 2 aromatic carbocycles. The third kappa shape index (κ3) is 3.54. The average molecular weight is 224 g/mol. The molecule has 2 heteroatoms. The van der Waals surface area contributed by atoms with Crippen molar-refractivity contribution < 1.29 is 0 Å². The molecule has 0 fully saturated rings. The summed E-state index contributed by atoms with van der Waals surface area (Å²) >= 11 is 0. The lowest BCUT2D eigenvalue weighted by Gasteiger charge is -1.98. The van der Waals surface area contributed by atoms with E-state index in [1.807, 2.05) is 42.6 Å². The number of nitrogens with two attached hydrogens (primary N) is 1. The summed E-state index contributed by atoms with van der Waals surface area (Å²) in [6.45, 7) is 1.29. The summed E-state index contributed by atoms with van der Waals surface area (Å²) in [5.74, 6) is 0. The Bertz CT molecular complexity index is 489. The highest BCUT2D eigenvalue weighted by atomic mass is 14.7. The summed E-state index contributed by atoms with van der Waals surface area (Å²) in [7, 11) is 0. The third-order valence-corrected chi connectivity index (χ3v) is 2.54. The molecule has 0 aliphatic heterocycles. The van der Waals surface area contributed by atoms with Crippen molar-refractivity contribution in [3.05, 3.63) is 71.3 Å². The zero-order chi connectivity index (χ0) is 11.9. The molecule has 0 radical (unpaired) electrons. The lowest BCUT2D eigenvalue weighted by Crippen LogP contribution is -1.96. The van der Waals surface area contributed by atoms with Crippen LogP contribution >= 0.6 is 0 Å². The van der Waals surface area contributed by atoms with Crippen LogP contribution in [-0.2, 0) is 13.1 Å². The summed E-state index contributed by atoms with van der Waals surface area (Å²) in [5.41, 5.74) is 9.05. The van der Waals surface area contributed by atoms with Crippen molar-refractivity contribution >= 4 is 6.21 Å². The van der Waals surface area contributed by atoms with Crippen LogP contribution in [0.4, 0.5) is 0 Å². The van der Waals surface area contributed by atoms with Gasteiger partial charge in [0, 0.05) is 12.8 Å². The first-order valence-electron chi connectivity index (χ1n) is 5.71. The van der Waals surface area contributed by atoms with Crippen molar-refractivity contribution in [3.8, 4) is 0 Å². The first-order valence-corrected chi connectivity index (χ1v) is 5.71. The monoisotopic (exact) mass is 224 g/mol. The lowest BCUT2D eigenvalue weighted by atomic mass is 10.1. The van der Waals surface area contributed by atoms with Crippen LogP contribution in [0.5, 0.6) is 0 Å². The molecule has 0 bridgehead atoms. The van der Waals surface area contributed by atoms with Gasteiger partial charge < -0.3 is 5.73 Å². The van der Waals surface area contributed by atoms with Gasteiger partial charge in [-0.2, -0.15) is 0 Å². The third-order valence-electron chi connectivity index (χ3n) is 2.54. The van der Waals surface area contributed by atoms with Gasteiger partial charge in [-0.3, -0.25) is 4.99 Å².